The van der Waals surface area contributed by atoms with Gasteiger partial charge in [0.2, 0.25) is 0 Å². The van der Waals surface area contributed by atoms with Crippen LogP contribution in [0.2, 0.25) is 10.0 Å². The van der Waals surface area contributed by atoms with Crippen molar-refractivity contribution in [2.45, 2.75) is 6.92 Å². The SMILES string of the molecule is Cc1ccc(C(=O)N2CCN(C(=O)c3cc(Cl)cc(Cl)c3)CC2)cn1. The Bertz CT molecular complexity index is 780. The van der Waals surface area contributed by atoms with E-state index in [2.05, 4.69) is 4.98 Å². The second-order valence-electron chi connectivity index (χ2n) is 5.93. The second-order valence-corrected chi connectivity index (χ2v) is 6.80. The number of amides is 2. The summed E-state index contributed by atoms with van der Waals surface area (Å²) in [5, 5.41) is 0.855. The monoisotopic (exact) mass is 377 g/mol. The molecule has 2 aromatic rings. The predicted octanol–water partition coefficient (Wildman–Crippen LogP) is 3.30. The average Bonchev–Trinajstić information content (AvgIpc) is 2.60. The second kappa shape index (κ2) is 7.42. The topological polar surface area (TPSA) is 53.5 Å². The number of hydrogen-bond donors (Lipinski definition) is 0. The molecule has 1 aromatic heterocycles. The first-order valence-electron chi connectivity index (χ1n) is 7.91. The normalized spacial score (nSPS) is 14.5. The Morgan fingerprint density at radius 2 is 1.40 bits per heavy atom. The van der Waals surface area contributed by atoms with E-state index in [1.165, 1.54) is 0 Å². The number of halogens is 2. The van der Waals surface area contributed by atoms with E-state index in [9.17, 15) is 9.59 Å². The highest BCUT2D eigenvalue weighted by Crippen LogP contribution is 2.21. The molecule has 1 aliphatic heterocycles. The number of aromatic nitrogens is 1. The van der Waals surface area contributed by atoms with Crippen molar-refractivity contribution in [3.05, 3.63) is 63.4 Å². The van der Waals surface area contributed by atoms with E-state index >= 15 is 0 Å². The summed E-state index contributed by atoms with van der Waals surface area (Å²) in [6, 6.07) is 8.38. The van der Waals surface area contributed by atoms with E-state index in [-0.39, 0.29) is 11.8 Å². The lowest BCUT2D eigenvalue weighted by Gasteiger charge is -2.34. The molecule has 0 saturated carbocycles. The van der Waals surface area contributed by atoms with Crippen molar-refractivity contribution in [2.24, 2.45) is 0 Å². The molecule has 5 nitrogen and oxygen atoms in total. The van der Waals surface area contributed by atoms with Crippen molar-refractivity contribution in [1.82, 2.24) is 14.8 Å². The first-order chi connectivity index (χ1) is 11.9. The molecule has 3 rings (SSSR count). The van der Waals surface area contributed by atoms with Gasteiger partial charge >= 0.3 is 0 Å². The number of pyridine rings is 1. The Kier molecular flexibility index (Phi) is 5.25. The van der Waals surface area contributed by atoms with Crippen LogP contribution in [0.1, 0.15) is 26.4 Å². The van der Waals surface area contributed by atoms with Crippen LogP contribution in [0.4, 0.5) is 0 Å². The summed E-state index contributed by atoms with van der Waals surface area (Å²) in [5.41, 5.74) is 1.89. The quantitative estimate of drug-likeness (QED) is 0.806. The predicted molar refractivity (Wildman–Crippen MR) is 97.2 cm³/mol. The molecule has 0 unspecified atom stereocenters. The third-order valence-corrected chi connectivity index (χ3v) is 4.56. The Balaban J connectivity index is 1.64. The van der Waals surface area contributed by atoms with E-state index in [0.717, 1.165) is 5.69 Å². The van der Waals surface area contributed by atoms with Gasteiger partial charge in [0.15, 0.2) is 0 Å². The molecule has 0 bridgehead atoms. The number of aryl methyl sites for hydroxylation is 1. The van der Waals surface area contributed by atoms with E-state index in [4.69, 9.17) is 23.2 Å². The lowest BCUT2D eigenvalue weighted by molar-refractivity contribution is 0.0535. The van der Waals surface area contributed by atoms with E-state index in [0.29, 0.717) is 47.4 Å². The van der Waals surface area contributed by atoms with Crippen LogP contribution < -0.4 is 0 Å². The summed E-state index contributed by atoms with van der Waals surface area (Å²) in [6.45, 7) is 3.77. The molecule has 1 aliphatic rings. The Morgan fingerprint density at radius 1 is 0.880 bits per heavy atom. The number of benzene rings is 1. The standard InChI is InChI=1S/C18H17Cl2N3O2/c1-12-2-3-13(11-21-12)17(24)22-4-6-23(7-5-22)18(25)14-8-15(19)10-16(20)9-14/h2-3,8-11H,4-7H2,1H3. The van der Waals surface area contributed by atoms with Gasteiger partial charge in [-0.3, -0.25) is 14.6 Å². The molecule has 25 heavy (non-hydrogen) atoms. The molecule has 0 N–H and O–H groups in total. The molecule has 1 saturated heterocycles. The molecular formula is C18H17Cl2N3O2. The van der Waals surface area contributed by atoms with Crippen molar-refractivity contribution in [3.63, 3.8) is 0 Å². The molecule has 1 aromatic carbocycles. The minimum Gasteiger partial charge on any atom is -0.335 e. The van der Waals surface area contributed by atoms with Gasteiger partial charge in [-0.2, -0.15) is 0 Å². The summed E-state index contributed by atoms with van der Waals surface area (Å²) in [7, 11) is 0. The molecule has 0 radical (unpaired) electrons. The van der Waals surface area contributed by atoms with Gasteiger partial charge in [-0.05, 0) is 37.3 Å². The summed E-state index contributed by atoms with van der Waals surface area (Å²) in [4.78, 5) is 32.7. The Hall–Kier alpha value is -2.11. The third-order valence-electron chi connectivity index (χ3n) is 4.12. The molecule has 2 amide bonds. The van der Waals surface area contributed by atoms with Gasteiger partial charge in [-0.15, -0.1) is 0 Å². The summed E-state index contributed by atoms with van der Waals surface area (Å²) < 4.78 is 0. The van der Waals surface area contributed by atoms with Crippen LogP contribution in [-0.4, -0.2) is 52.8 Å². The van der Waals surface area contributed by atoms with Crippen molar-refractivity contribution in [3.8, 4) is 0 Å². The Labute approximate surface area is 156 Å². The van der Waals surface area contributed by atoms with Crippen LogP contribution in [0.5, 0.6) is 0 Å². The van der Waals surface area contributed by atoms with Crippen molar-refractivity contribution in [1.29, 1.82) is 0 Å². The summed E-state index contributed by atoms with van der Waals surface area (Å²) >= 11 is 11.9. The third kappa shape index (κ3) is 4.11. The lowest BCUT2D eigenvalue weighted by atomic mass is 10.1. The molecule has 0 aliphatic carbocycles. The number of hydrogen-bond acceptors (Lipinski definition) is 3. The highest BCUT2D eigenvalue weighted by molar-refractivity contribution is 6.35. The zero-order chi connectivity index (χ0) is 18.0. The van der Waals surface area contributed by atoms with Gasteiger partial charge in [0, 0.05) is 53.7 Å². The van der Waals surface area contributed by atoms with Crippen LogP contribution in [-0.2, 0) is 0 Å². The first kappa shape index (κ1) is 17.7. The minimum atomic E-state index is -0.131. The number of carbonyl (C=O) groups is 2. The largest absolute Gasteiger partial charge is 0.335 e. The van der Waals surface area contributed by atoms with Gasteiger partial charge < -0.3 is 9.80 Å². The van der Waals surface area contributed by atoms with Crippen molar-refractivity contribution >= 4 is 35.0 Å². The fourth-order valence-electron chi connectivity index (χ4n) is 2.75. The maximum atomic E-state index is 12.6. The van der Waals surface area contributed by atoms with E-state index in [1.807, 2.05) is 13.0 Å². The summed E-state index contributed by atoms with van der Waals surface area (Å²) in [5.74, 6) is -0.195. The minimum absolute atomic E-state index is 0.0644. The number of piperazine rings is 1. The number of nitrogens with zero attached hydrogens (tertiary/aromatic N) is 3. The highest BCUT2D eigenvalue weighted by Gasteiger charge is 2.26. The highest BCUT2D eigenvalue weighted by atomic mass is 35.5. The number of carbonyl (C=O) groups excluding carboxylic acids is 2. The Morgan fingerprint density at radius 3 is 1.88 bits per heavy atom. The molecule has 0 spiro atoms. The summed E-state index contributed by atoms with van der Waals surface area (Å²) in [6.07, 6.45) is 1.59. The zero-order valence-electron chi connectivity index (χ0n) is 13.7. The van der Waals surface area contributed by atoms with Crippen LogP contribution in [0.25, 0.3) is 0 Å². The van der Waals surface area contributed by atoms with E-state index in [1.54, 1.807) is 40.3 Å². The smallest absolute Gasteiger partial charge is 0.255 e. The molecule has 1 fully saturated rings. The first-order valence-corrected chi connectivity index (χ1v) is 8.67. The fourth-order valence-corrected chi connectivity index (χ4v) is 3.28. The van der Waals surface area contributed by atoms with Gasteiger partial charge in [0.25, 0.3) is 11.8 Å². The zero-order valence-corrected chi connectivity index (χ0v) is 15.2. The number of rotatable bonds is 2. The van der Waals surface area contributed by atoms with Crippen molar-refractivity contribution < 1.29 is 9.59 Å². The van der Waals surface area contributed by atoms with Gasteiger partial charge in [-0.25, -0.2) is 0 Å². The average molecular weight is 378 g/mol. The molecule has 7 heteroatoms. The van der Waals surface area contributed by atoms with Crippen LogP contribution in [0.3, 0.4) is 0 Å². The van der Waals surface area contributed by atoms with Crippen molar-refractivity contribution in [2.75, 3.05) is 26.2 Å². The van der Waals surface area contributed by atoms with Gasteiger partial charge in [0.1, 0.15) is 0 Å². The van der Waals surface area contributed by atoms with Gasteiger partial charge in [-0.1, -0.05) is 23.2 Å². The molecular weight excluding hydrogens is 361 g/mol. The van der Waals surface area contributed by atoms with E-state index < -0.39 is 0 Å². The fraction of sp³-hybridized carbons (Fsp3) is 0.278. The maximum absolute atomic E-state index is 12.6. The maximum Gasteiger partial charge on any atom is 0.255 e. The van der Waals surface area contributed by atoms with Crippen LogP contribution >= 0.6 is 23.2 Å². The molecule has 0 atom stereocenters. The molecule has 2 heterocycles. The lowest BCUT2D eigenvalue weighted by Crippen LogP contribution is -2.50. The van der Waals surface area contributed by atoms with Crippen LogP contribution in [0, 0.1) is 6.92 Å². The van der Waals surface area contributed by atoms with Gasteiger partial charge in [0.05, 0.1) is 5.56 Å². The van der Waals surface area contributed by atoms with Crippen LogP contribution in [0.15, 0.2) is 36.5 Å². The molecule has 130 valence electrons.